The second kappa shape index (κ2) is 6.72. The second-order valence-corrected chi connectivity index (χ2v) is 6.58. The van der Waals surface area contributed by atoms with Gasteiger partial charge in [-0.1, -0.05) is 12.1 Å². The maximum atomic E-state index is 12.5. The number of hydrogen-bond acceptors (Lipinski definition) is 4. The lowest BCUT2D eigenvalue weighted by Gasteiger charge is -2.19. The number of rotatable bonds is 3. The van der Waals surface area contributed by atoms with E-state index in [0.29, 0.717) is 29.6 Å². The topological polar surface area (TPSA) is 79.6 Å². The summed E-state index contributed by atoms with van der Waals surface area (Å²) < 4.78 is 5.56. The van der Waals surface area contributed by atoms with Gasteiger partial charge in [-0.15, -0.1) is 0 Å². The number of carbonyl (C=O) groups is 2. The van der Waals surface area contributed by atoms with Gasteiger partial charge >= 0.3 is 0 Å². The Morgan fingerprint density at radius 1 is 1.11 bits per heavy atom. The predicted molar refractivity (Wildman–Crippen MR) is 103 cm³/mol. The van der Waals surface area contributed by atoms with Gasteiger partial charge < -0.3 is 14.6 Å². The second-order valence-electron chi connectivity index (χ2n) is 6.58. The van der Waals surface area contributed by atoms with Gasteiger partial charge in [0.25, 0.3) is 5.91 Å². The van der Waals surface area contributed by atoms with Crippen molar-refractivity contribution in [2.75, 3.05) is 16.8 Å². The first-order chi connectivity index (χ1) is 13.0. The van der Waals surface area contributed by atoms with E-state index in [1.165, 1.54) is 6.07 Å². The normalized spacial score (nSPS) is 14.0. The van der Waals surface area contributed by atoms with E-state index in [1.807, 2.05) is 13.0 Å². The largest absolute Gasteiger partial charge is 0.451 e. The molecule has 2 aromatic carbocycles. The molecule has 136 valence electrons. The van der Waals surface area contributed by atoms with E-state index in [2.05, 4.69) is 5.32 Å². The van der Waals surface area contributed by atoms with Crippen molar-refractivity contribution in [2.45, 2.75) is 19.8 Å². The average Bonchev–Trinajstić information content (AvgIpc) is 3.07. The first-order valence-electron chi connectivity index (χ1n) is 8.78. The maximum absolute atomic E-state index is 12.5. The van der Waals surface area contributed by atoms with Crippen molar-refractivity contribution in [3.8, 4) is 0 Å². The molecule has 0 atom stereocenters. The molecule has 0 unspecified atom stereocenters. The van der Waals surface area contributed by atoms with E-state index in [9.17, 15) is 14.4 Å². The van der Waals surface area contributed by atoms with Crippen LogP contribution in [-0.4, -0.2) is 18.4 Å². The molecular formula is C21H18N2O4. The summed E-state index contributed by atoms with van der Waals surface area (Å²) in [6.07, 6.45) is 1.43. The molecule has 1 fully saturated rings. The molecular weight excluding hydrogens is 344 g/mol. The SMILES string of the molecule is Cc1cc(NC(=O)c2cc(=O)c3ccccc3o2)ccc1N1CCCC1=O. The molecule has 1 aliphatic rings. The highest BCUT2D eigenvalue weighted by molar-refractivity contribution is 6.03. The zero-order chi connectivity index (χ0) is 19.0. The van der Waals surface area contributed by atoms with E-state index in [1.54, 1.807) is 41.3 Å². The fourth-order valence-corrected chi connectivity index (χ4v) is 3.35. The molecule has 1 aromatic heterocycles. The third-order valence-electron chi connectivity index (χ3n) is 4.68. The van der Waals surface area contributed by atoms with Crippen LogP contribution in [0.15, 0.2) is 57.7 Å². The van der Waals surface area contributed by atoms with Crippen molar-refractivity contribution in [3.63, 3.8) is 0 Å². The van der Waals surface area contributed by atoms with Crippen LogP contribution in [0.4, 0.5) is 11.4 Å². The van der Waals surface area contributed by atoms with Crippen molar-refractivity contribution in [2.24, 2.45) is 0 Å². The molecule has 1 aliphatic heterocycles. The van der Waals surface area contributed by atoms with Crippen LogP contribution in [0, 0.1) is 6.92 Å². The summed E-state index contributed by atoms with van der Waals surface area (Å²) in [7, 11) is 0. The number of fused-ring (bicyclic) bond motifs is 1. The van der Waals surface area contributed by atoms with Gasteiger partial charge in [0.1, 0.15) is 5.58 Å². The molecule has 4 rings (SSSR count). The number of carbonyl (C=O) groups excluding carboxylic acids is 2. The molecule has 0 spiro atoms. The summed E-state index contributed by atoms with van der Waals surface area (Å²) in [6.45, 7) is 2.61. The van der Waals surface area contributed by atoms with Crippen molar-refractivity contribution in [3.05, 3.63) is 70.1 Å². The Morgan fingerprint density at radius 2 is 1.93 bits per heavy atom. The van der Waals surface area contributed by atoms with E-state index >= 15 is 0 Å². The minimum atomic E-state index is -0.498. The number of anilines is 2. The number of hydrogen-bond donors (Lipinski definition) is 1. The van der Waals surface area contributed by atoms with Gasteiger partial charge in [-0.05, 0) is 49.2 Å². The fraction of sp³-hybridized carbons (Fsp3) is 0.190. The molecule has 0 saturated carbocycles. The number of amides is 2. The molecule has 3 aromatic rings. The molecule has 0 radical (unpaired) electrons. The lowest BCUT2D eigenvalue weighted by atomic mass is 10.1. The van der Waals surface area contributed by atoms with Crippen molar-refractivity contribution in [1.29, 1.82) is 0 Å². The van der Waals surface area contributed by atoms with Crippen LogP contribution in [0.5, 0.6) is 0 Å². The highest BCUT2D eigenvalue weighted by Crippen LogP contribution is 2.27. The highest BCUT2D eigenvalue weighted by Gasteiger charge is 2.23. The summed E-state index contributed by atoms with van der Waals surface area (Å²) in [5.74, 6) is -0.426. The van der Waals surface area contributed by atoms with Gasteiger partial charge in [-0.3, -0.25) is 14.4 Å². The molecule has 6 nitrogen and oxygen atoms in total. The van der Waals surface area contributed by atoms with Gasteiger partial charge in [0, 0.05) is 30.4 Å². The minimum absolute atomic E-state index is 0.0462. The Morgan fingerprint density at radius 3 is 2.67 bits per heavy atom. The number of para-hydroxylation sites is 1. The van der Waals surface area contributed by atoms with Crippen LogP contribution in [0.3, 0.4) is 0 Å². The lowest BCUT2D eigenvalue weighted by Crippen LogP contribution is -2.24. The fourth-order valence-electron chi connectivity index (χ4n) is 3.35. The number of aryl methyl sites for hydroxylation is 1. The number of benzene rings is 2. The quantitative estimate of drug-likeness (QED) is 0.774. The molecule has 6 heteroatoms. The lowest BCUT2D eigenvalue weighted by molar-refractivity contribution is -0.117. The van der Waals surface area contributed by atoms with Gasteiger partial charge in [-0.25, -0.2) is 0 Å². The van der Waals surface area contributed by atoms with Crippen LogP contribution in [0.25, 0.3) is 11.0 Å². The zero-order valence-corrected chi connectivity index (χ0v) is 14.8. The minimum Gasteiger partial charge on any atom is -0.451 e. The Hall–Kier alpha value is -3.41. The van der Waals surface area contributed by atoms with Crippen LogP contribution in [0.2, 0.25) is 0 Å². The average molecular weight is 362 g/mol. The Balaban J connectivity index is 1.59. The van der Waals surface area contributed by atoms with E-state index in [0.717, 1.165) is 17.7 Å². The standard InChI is InChI=1S/C21H18N2O4/c1-13-11-14(8-9-16(13)23-10-4-7-20(23)25)22-21(26)19-12-17(24)15-5-2-3-6-18(15)27-19/h2-3,5-6,8-9,11-12H,4,7,10H2,1H3,(H,22,26). The van der Waals surface area contributed by atoms with Crippen LogP contribution in [-0.2, 0) is 4.79 Å². The van der Waals surface area contributed by atoms with Crippen LogP contribution < -0.4 is 15.6 Å². The highest BCUT2D eigenvalue weighted by atomic mass is 16.3. The Labute approximate surface area is 155 Å². The smallest absolute Gasteiger partial charge is 0.291 e. The monoisotopic (exact) mass is 362 g/mol. The number of nitrogens with zero attached hydrogens (tertiary/aromatic N) is 1. The third-order valence-corrected chi connectivity index (χ3v) is 4.68. The zero-order valence-electron chi connectivity index (χ0n) is 14.8. The summed E-state index contributed by atoms with van der Waals surface area (Å²) in [5.41, 5.74) is 2.43. The third kappa shape index (κ3) is 3.21. The summed E-state index contributed by atoms with van der Waals surface area (Å²) in [5, 5.41) is 3.18. The molecule has 27 heavy (non-hydrogen) atoms. The van der Waals surface area contributed by atoms with Crippen LogP contribution in [0.1, 0.15) is 29.0 Å². The molecule has 0 bridgehead atoms. The molecule has 0 aliphatic carbocycles. The molecule has 1 saturated heterocycles. The van der Waals surface area contributed by atoms with Gasteiger partial charge in [-0.2, -0.15) is 0 Å². The summed E-state index contributed by atoms with van der Waals surface area (Å²) in [4.78, 5) is 38.4. The van der Waals surface area contributed by atoms with Crippen molar-refractivity contribution >= 4 is 34.2 Å². The van der Waals surface area contributed by atoms with Gasteiger partial charge in [0.05, 0.1) is 5.39 Å². The Kier molecular flexibility index (Phi) is 4.24. The van der Waals surface area contributed by atoms with E-state index < -0.39 is 5.91 Å². The molecule has 2 heterocycles. The number of nitrogens with one attached hydrogen (secondary N) is 1. The Bertz CT molecular complexity index is 1120. The van der Waals surface area contributed by atoms with E-state index in [4.69, 9.17) is 4.42 Å². The summed E-state index contributed by atoms with van der Waals surface area (Å²) in [6, 6.07) is 13.4. The van der Waals surface area contributed by atoms with Crippen LogP contribution >= 0.6 is 0 Å². The molecule has 2 amide bonds. The molecule has 1 N–H and O–H groups in total. The first-order valence-corrected chi connectivity index (χ1v) is 8.78. The van der Waals surface area contributed by atoms with Crippen molar-refractivity contribution in [1.82, 2.24) is 0 Å². The van der Waals surface area contributed by atoms with Crippen molar-refractivity contribution < 1.29 is 14.0 Å². The van der Waals surface area contributed by atoms with Gasteiger partial charge in [0.15, 0.2) is 11.2 Å². The first kappa shape index (κ1) is 17.0. The maximum Gasteiger partial charge on any atom is 0.291 e. The summed E-state index contributed by atoms with van der Waals surface area (Å²) >= 11 is 0. The van der Waals surface area contributed by atoms with Gasteiger partial charge in [0.2, 0.25) is 5.91 Å². The van der Waals surface area contributed by atoms with E-state index in [-0.39, 0.29) is 17.1 Å². The predicted octanol–water partition coefficient (Wildman–Crippen LogP) is 3.48.